The van der Waals surface area contributed by atoms with Gasteiger partial charge in [-0.25, -0.2) is 4.98 Å². The molecule has 3 aromatic rings. The Labute approximate surface area is 182 Å². The summed E-state index contributed by atoms with van der Waals surface area (Å²) in [5.74, 6) is 0.989. The number of hydrogen-bond acceptors (Lipinski definition) is 4. The number of aryl methyl sites for hydroxylation is 2. The van der Waals surface area contributed by atoms with Crippen LogP contribution in [0.2, 0.25) is 0 Å². The molecular weight excluding hydrogens is 390 g/mol. The van der Waals surface area contributed by atoms with Crippen LogP contribution in [-0.4, -0.2) is 51.6 Å². The molecule has 4 rings (SSSR count). The average Bonchev–Trinajstić information content (AvgIpc) is 3.37. The van der Waals surface area contributed by atoms with E-state index in [0.29, 0.717) is 36.1 Å². The number of pyridine rings is 1. The van der Waals surface area contributed by atoms with Crippen molar-refractivity contribution in [2.75, 3.05) is 26.7 Å². The topological polar surface area (TPSA) is 72.2 Å². The molecule has 1 aromatic carbocycles. The van der Waals surface area contributed by atoms with Crippen LogP contribution in [-0.2, 0) is 13.6 Å². The van der Waals surface area contributed by atoms with Crippen LogP contribution in [0.1, 0.15) is 28.0 Å². The van der Waals surface area contributed by atoms with Crippen LogP contribution in [0.25, 0.3) is 11.4 Å². The fourth-order valence-electron chi connectivity index (χ4n) is 4.18. The van der Waals surface area contributed by atoms with Crippen molar-refractivity contribution in [2.45, 2.75) is 19.9 Å². The Bertz CT molecular complexity index is 1110. The number of carbonyl (C=O) groups is 1. The van der Waals surface area contributed by atoms with Crippen molar-refractivity contribution in [3.05, 3.63) is 76.0 Å². The van der Waals surface area contributed by atoms with E-state index >= 15 is 0 Å². The van der Waals surface area contributed by atoms with Gasteiger partial charge in [0.05, 0.1) is 0 Å². The Morgan fingerprint density at radius 2 is 1.97 bits per heavy atom. The zero-order valence-electron chi connectivity index (χ0n) is 18.3. The summed E-state index contributed by atoms with van der Waals surface area (Å²) in [4.78, 5) is 32.0. The summed E-state index contributed by atoms with van der Waals surface area (Å²) in [6.45, 7) is 5.12. The van der Waals surface area contributed by atoms with Crippen molar-refractivity contribution in [3.8, 4) is 11.4 Å². The van der Waals surface area contributed by atoms with Crippen LogP contribution in [0.5, 0.6) is 0 Å². The van der Waals surface area contributed by atoms with Crippen molar-refractivity contribution in [2.24, 2.45) is 13.0 Å². The lowest BCUT2D eigenvalue weighted by Gasteiger charge is -2.10. The van der Waals surface area contributed by atoms with E-state index in [1.54, 1.807) is 30.9 Å². The van der Waals surface area contributed by atoms with Crippen LogP contribution >= 0.6 is 0 Å². The van der Waals surface area contributed by atoms with E-state index in [4.69, 9.17) is 0 Å². The second-order valence-electron chi connectivity index (χ2n) is 8.52. The van der Waals surface area contributed by atoms with Crippen LogP contribution in [0.4, 0.5) is 0 Å². The molecule has 31 heavy (non-hydrogen) atoms. The SMILES string of the molecule is Cc1cc(-c2nc(C(=O)NCC3CCN(C)C3)cn2Cc2ccccc2)cn(C)c1=O. The molecule has 1 atom stereocenters. The molecule has 0 radical (unpaired) electrons. The predicted octanol–water partition coefficient (Wildman–Crippen LogP) is 2.29. The summed E-state index contributed by atoms with van der Waals surface area (Å²) < 4.78 is 3.54. The van der Waals surface area contributed by atoms with E-state index in [2.05, 4.69) is 22.2 Å². The highest BCUT2D eigenvalue weighted by Gasteiger charge is 2.22. The van der Waals surface area contributed by atoms with Crippen LogP contribution in [0.15, 0.2) is 53.6 Å². The summed E-state index contributed by atoms with van der Waals surface area (Å²) in [6.07, 6.45) is 4.68. The lowest BCUT2D eigenvalue weighted by molar-refractivity contribution is 0.0943. The molecule has 0 saturated carbocycles. The Morgan fingerprint density at radius 1 is 1.19 bits per heavy atom. The Kier molecular flexibility index (Phi) is 6.04. The van der Waals surface area contributed by atoms with E-state index in [0.717, 1.165) is 30.6 Å². The highest BCUT2D eigenvalue weighted by Crippen LogP contribution is 2.21. The van der Waals surface area contributed by atoms with Gasteiger partial charge in [-0.2, -0.15) is 0 Å². The van der Waals surface area contributed by atoms with Crippen molar-refractivity contribution >= 4 is 5.91 Å². The van der Waals surface area contributed by atoms with Gasteiger partial charge in [-0.1, -0.05) is 30.3 Å². The lowest BCUT2D eigenvalue weighted by Crippen LogP contribution is -2.30. The minimum absolute atomic E-state index is 0.0376. The molecule has 0 spiro atoms. The van der Waals surface area contributed by atoms with Crippen molar-refractivity contribution in [1.29, 1.82) is 0 Å². The third-order valence-corrected chi connectivity index (χ3v) is 5.87. The number of carbonyl (C=O) groups excluding carboxylic acids is 1. The lowest BCUT2D eigenvalue weighted by atomic mass is 10.1. The van der Waals surface area contributed by atoms with Gasteiger partial charge in [-0.15, -0.1) is 0 Å². The van der Waals surface area contributed by atoms with E-state index in [-0.39, 0.29) is 11.5 Å². The van der Waals surface area contributed by atoms with Crippen LogP contribution in [0, 0.1) is 12.8 Å². The first kappa shape index (κ1) is 21.1. The molecule has 7 nitrogen and oxygen atoms in total. The Hall–Kier alpha value is -3.19. The third-order valence-electron chi connectivity index (χ3n) is 5.87. The van der Waals surface area contributed by atoms with Crippen molar-refractivity contribution < 1.29 is 4.79 Å². The highest BCUT2D eigenvalue weighted by molar-refractivity contribution is 5.92. The van der Waals surface area contributed by atoms with Gasteiger partial charge in [-0.3, -0.25) is 9.59 Å². The van der Waals surface area contributed by atoms with E-state index in [1.807, 2.05) is 41.0 Å². The number of hydrogen-bond donors (Lipinski definition) is 1. The van der Waals surface area contributed by atoms with Gasteiger partial charge in [0.25, 0.3) is 11.5 Å². The number of imidazole rings is 1. The van der Waals surface area contributed by atoms with Gasteiger partial charge in [0.1, 0.15) is 11.5 Å². The van der Waals surface area contributed by atoms with Crippen LogP contribution in [0.3, 0.4) is 0 Å². The molecule has 1 aliphatic rings. The Balaban J connectivity index is 1.63. The van der Waals surface area contributed by atoms with Crippen molar-refractivity contribution in [3.63, 3.8) is 0 Å². The smallest absolute Gasteiger partial charge is 0.271 e. The van der Waals surface area contributed by atoms with Crippen molar-refractivity contribution in [1.82, 2.24) is 24.3 Å². The van der Waals surface area contributed by atoms with Crippen LogP contribution < -0.4 is 10.9 Å². The maximum atomic E-state index is 12.9. The van der Waals surface area contributed by atoms with Gasteiger partial charge < -0.3 is 19.4 Å². The summed E-state index contributed by atoms with van der Waals surface area (Å²) in [5.41, 5.74) is 2.93. The highest BCUT2D eigenvalue weighted by atomic mass is 16.2. The molecule has 7 heteroatoms. The molecule has 1 saturated heterocycles. The summed E-state index contributed by atoms with van der Waals surface area (Å²) in [7, 11) is 3.84. The largest absolute Gasteiger partial charge is 0.350 e. The number of aromatic nitrogens is 3. The number of nitrogens with zero attached hydrogens (tertiary/aromatic N) is 4. The summed E-state index contributed by atoms with van der Waals surface area (Å²) in [6, 6.07) is 11.9. The zero-order chi connectivity index (χ0) is 22.0. The molecule has 0 bridgehead atoms. The van der Waals surface area contributed by atoms with Gasteiger partial charge in [0.15, 0.2) is 0 Å². The fourth-order valence-corrected chi connectivity index (χ4v) is 4.18. The Morgan fingerprint density at radius 3 is 2.65 bits per heavy atom. The van der Waals surface area contributed by atoms with E-state index in [9.17, 15) is 9.59 Å². The third kappa shape index (κ3) is 4.77. The quantitative estimate of drug-likeness (QED) is 0.665. The molecule has 1 unspecified atom stereocenters. The number of amides is 1. The average molecular weight is 420 g/mol. The van der Waals surface area contributed by atoms with E-state index < -0.39 is 0 Å². The van der Waals surface area contributed by atoms with Gasteiger partial charge in [-0.05, 0) is 44.5 Å². The first-order chi connectivity index (χ1) is 14.9. The monoisotopic (exact) mass is 419 g/mol. The summed E-state index contributed by atoms with van der Waals surface area (Å²) >= 11 is 0. The van der Waals surface area contributed by atoms with E-state index in [1.165, 1.54) is 0 Å². The number of rotatable bonds is 6. The first-order valence-electron chi connectivity index (χ1n) is 10.7. The first-order valence-corrected chi connectivity index (χ1v) is 10.7. The second kappa shape index (κ2) is 8.89. The molecule has 0 aliphatic carbocycles. The maximum Gasteiger partial charge on any atom is 0.271 e. The molecule has 162 valence electrons. The number of benzene rings is 1. The summed E-state index contributed by atoms with van der Waals surface area (Å²) in [5, 5.41) is 3.05. The standard InChI is InChI=1S/C24H29N5O2/c1-17-11-20(15-28(3)24(17)31)22-26-21(16-29(22)14-18-7-5-4-6-8-18)23(30)25-12-19-9-10-27(2)13-19/h4-8,11,15-16,19H,9-10,12-14H2,1-3H3,(H,25,30). The minimum Gasteiger partial charge on any atom is -0.350 e. The maximum absolute atomic E-state index is 12.9. The fraction of sp³-hybridized carbons (Fsp3) is 0.375. The number of nitrogens with one attached hydrogen (secondary N) is 1. The molecule has 1 amide bonds. The molecular formula is C24H29N5O2. The molecule has 1 N–H and O–H groups in total. The predicted molar refractivity (Wildman–Crippen MR) is 121 cm³/mol. The molecule has 1 aliphatic heterocycles. The minimum atomic E-state index is -0.163. The normalized spacial score (nSPS) is 16.5. The second-order valence-corrected chi connectivity index (χ2v) is 8.52. The molecule has 2 aromatic heterocycles. The zero-order valence-corrected chi connectivity index (χ0v) is 18.3. The number of likely N-dealkylation sites (tertiary alicyclic amines) is 1. The molecule has 1 fully saturated rings. The van der Waals surface area contributed by atoms with Gasteiger partial charge in [0, 0.05) is 50.2 Å². The van der Waals surface area contributed by atoms with Gasteiger partial charge in [0.2, 0.25) is 0 Å². The van der Waals surface area contributed by atoms with Gasteiger partial charge >= 0.3 is 0 Å². The molecule has 3 heterocycles.